The van der Waals surface area contributed by atoms with Gasteiger partial charge < -0.3 is 15.3 Å². The molecular weight excluding hydrogens is 260 g/mol. The average Bonchev–Trinajstić information content (AvgIpc) is 2.38. The zero-order valence-corrected chi connectivity index (χ0v) is 10.3. The Bertz CT molecular complexity index is 630. The molecule has 0 radical (unpaired) electrons. The Morgan fingerprint density at radius 1 is 0.950 bits per heavy atom. The predicted molar refractivity (Wildman–Crippen MR) is 72.9 cm³/mol. The molecule has 0 aliphatic heterocycles. The first-order valence-electron chi connectivity index (χ1n) is 5.70. The number of hydrogen-bond donors (Lipinski definition) is 4. The molecule has 0 atom stereocenters. The van der Waals surface area contributed by atoms with Crippen molar-refractivity contribution in [3.8, 4) is 17.2 Å². The van der Waals surface area contributed by atoms with Crippen LogP contribution in [0.5, 0.6) is 17.2 Å². The molecule has 0 unspecified atom stereocenters. The summed E-state index contributed by atoms with van der Waals surface area (Å²) in [6.07, 6.45) is 1.29. The highest BCUT2D eigenvalue weighted by Crippen LogP contribution is 2.19. The fourth-order valence-corrected chi connectivity index (χ4v) is 1.54. The van der Waals surface area contributed by atoms with E-state index in [0.29, 0.717) is 11.1 Å². The maximum absolute atomic E-state index is 11.7. The third-order valence-electron chi connectivity index (χ3n) is 2.43. The van der Waals surface area contributed by atoms with Gasteiger partial charge in [-0.2, -0.15) is 5.10 Å². The summed E-state index contributed by atoms with van der Waals surface area (Å²) in [6, 6.07) is 9.66. The number of phenols is 3. The van der Waals surface area contributed by atoms with Gasteiger partial charge in [-0.3, -0.25) is 4.79 Å². The first kappa shape index (κ1) is 13.4. The van der Waals surface area contributed by atoms with Gasteiger partial charge in [-0.05, 0) is 36.4 Å². The van der Waals surface area contributed by atoms with Gasteiger partial charge in [-0.1, -0.05) is 0 Å². The van der Waals surface area contributed by atoms with E-state index < -0.39 is 5.91 Å². The molecule has 20 heavy (non-hydrogen) atoms. The number of phenolic OH excluding ortho intramolecular Hbond substituents is 3. The average molecular weight is 272 g/mol. The van der Waals surface area contributed by atoms with E-state index in [1.807, 2.05) is 0 Å². The molecule has 0 aliphatic carbocycles. The van der Waals surface area contributed by atoms with E-state index in [1.54, 1.807) is 0 Å². The summed E-state index contributed by atoms with van der Waals surface area (Å²) in [5, 5.41) is 31.4. The van der Waals surface area contributed by atoms with E-state index in [-0.39, 0.29) is 17.2 Å². The van der Waals surface area contributed by atoms with Crippen LogP contribution in [0.25, 0.3) is 0 Å². The molecule has 6 heteroatoms. The number of carbonyl (C=O) groups excluding carboxylic acids is 1. The summed E-state index contributed by atoms with van der Waals surface area (Å²) in [6.45, 7) is 0. The zero-order valence-electron chi connectivity index (χ0n) is 10.3. The molecule has 102 valence electrons. The summed E-state index contributed by atoms with van der Waals surface area (Å²) >= 11 is 0. The summed E-state index contributed by atoms with van der Waals surface area (Å²) in [5.41, 5.74) is 3.08. The van der Waals surface area contributed by atoms with Gasteiger partial charge in [-0.25, -0.2) is 5.43 Å². The van der Waals surface area contributed by atoms with Gasteiger partial charge in [0.25, 0.3) is 5.91 Å². The van der Waals surface area contributed by atoms with Gasteiger partial charge in [0, 0.05) is 17.2 Å². The predicted octanol–water partition coefficient (Wildman–Crippen LogP) is 1.57. The van der Waals surface area contributed by atoms with Crippen molar-refractivity contribution in [2.75, 3.05) is 0 Å². The number of nitrogens with zero attached hydrogens (tertiary/aromatic N) is 1. The van der Waals surface area contributed by atoms with Crippen molar-refractivity contribution in [1.82, 2.24) is 5.43 Å². The number of hydrogen-bond acceptors (Lipinski definition) is 5. The molecule has 0 aliphatic rings. The van der Waals surface area contributed by atoms with Gasteiger partial charge in [0.2, 0.25) is 0 Å². The number of nitrogens with one attached hydrogen (secondary N) is 1. The second kappa shape index (κ2) is 5.75. The third kappa shape index (κ3) is 3.49. The Hall–Kier alpha value is -3.02. The Kier molecular flexibility index (Phi) is 3.85. The lowest BCUT2D eigenvalue weighted by atomic mass is 10.2. The van der Waals surface area contributed by atoms with Gasteiger partial charge in [0.1, 0.15) is 17.2 Å². The number of rotatable bonds is 3. The number of benzene rings is 2. The molecule has 2 rings (SSSR count). The number of amides is 1. The molecule has 6 nitrogen and oxygen atoms in total. The number of hydrazone groups is 1. The highest BCUT2D eigenvalue weighted by Gasteiger charge is 2.03. The normalized spacial score (nSPS) is 10.6. The minimum Gasteiger partial charge on any atom is -0.508 e. The summed E-state index contributed by atoms with van der Waals surface area (Å²) in [7, 11) is 0. The lowest BCUT2D eigenvalue weighted by Crippen LogP contribution is -2.17. The molecule has 1 amide bonds. The van der Waals surface area contributed by atoms with Crippen LogP contribution in [-0.4, -0.2) is 27.4 Å². The molecule has 4 N–H and O–H groups in total. The Morgan fingerprint density at radius 2 is 1.55 bits per heavy atom. The van der Waals surface area contributed by atoms with Gasteiger partial charge >= 0.3 is 0 Å². The van der Waals surface area contributed by atoms with E-state index in [1.165, 1.54) is 48.7 Å². The fraction of sp³-hybridized carbons (Fsp3) is 0. The largest absolute Gasteiger partial charge is 0.508 e. The van der Waals surface area contributed by atoms with Crippen LogP contribution in [-0.2, 0) is 0 Å². The molecule has 0 heterocycles. The van der Waals surface area contributed by atoms with Crippen molar-refractivity contribution >= 4 is 12.1 Å². The Balaban J connectivity index is 2.02. The molecule has 0 bridgehead atoms. The van der Waals surface area contributed by atoms with Crippen molar-refractivity contribution in [3.05, 3.63) is 53.6 Å². The first-order chi connectivity index (χ1) is 9.54. The van der Waals surface area contributed by atoms with Crippen molar-refractivity contribution in [2.45, 2.75) is 0 Å². The SMILES string of the molecule is O=C(N/N=C/c1cc(O)cc(O)c1)c1ccc(O)cc1. The van der Waals surface area contributed by atoms with Crippen molar-refractivity contribution < 1.29 is 20.1 Å². The third-order valence-corrected chi connectivity index (χ3v) is 2.43. The van der Waals surface area contributed by atoms with Crippen molar-refractivity contribution in [1.29, 1.82) is 0 Å². The number of carbonyl (C=O) groups is 1. The van der Waals surface area contributed by atoms with Crippen LogP contribution in [0.3, 0.4) is 0 Å². The molecule has 0 spiro atoms. The first-order valence-corrected chi connectivity index (χ1v) is 5.70. The van der Waals surface area contributed by atoms with E-state index in [2.05, 4.69) is 10.5 Å². The van der Waals surface area contributed by atoms with Crippen LogP contribution in [0.1, 0.15) is 15.9 Å². The van der Waals surface area contributed by atoms with Gasteiger partial charge in [0.05, 0.1) is 6.21 Å². The van der Waals surface area contributed by atoms with Crippen LogP contribution in [0, 0.1) is 0 Å². The molecule has 0 aromatic heterocycles. The van der Waals surface area contributed by atoms with E-state index in [4.69, 9.17) is 5.11 Å². The Labute approximate surface area is 114 Å². The van der Waals surface area contributed by atoms with E-state index in [9.17, 15) is 15.0 Å². The summed E-state index contributed by atoms with van der Waals surface area (Å²) < 4.78 is 0. The summed E-state index contributed by atoms with van der Waals surface area (Å²) in [4.78, 5) is 11.7. The van der Waals surface area contributed by atoms with Crippen molar-refractivity contribution in [2.24, 2.45) is 5.10 Å². The quantitative estimate of drug-likeness (QED) is 0.503. The molecule has 0 saturated heterocycles. The van der Waals surface area contributed by atoms with E-state index >= 15 is 0 Å². The second-order valence-electron chi connectivity index (χ2n) is 4.03. The highest BCUT2D eigenvalue weighted by atomic mass is 16.3. The zero-order chi connectivity index (χ0) is 14.5. The fourth-order valence-electron chi connectivity index (χ4n) is 1.54. The lowest BCUT2D eigenvalue weighted by molar-refractivity contribution is 0.0955. The molecule has 2 aromatic carbocycles. The highest BCUT2D eigenvalue weighted by molar-refractivity contribution is 5.95. The van der Waals surface area contributed by atoms with Crippen molar-refractivity contribution in [3.63, 3.8) is 0 Å². The smallest absolute Gasteiger partial charge is 0.271 e. The van der Waals surface area contributed by atoms with Crippen LogP contribution >= 0.6 is 0 Å². The number of aromatic hydroxyl groups is 3. The topological polar surface area (TPSA) is 102 Å². The van der Waals surface area contributed by atoms with Crippen LogP contribution in [0.4, 0.5) is 0 Å². The van der Waals surface area contributed by atoms with E-state index in [0.717, 1.165) is 0 Å². The second-order valence-corrected chi connectivity index (χ2v) is 4.03. The monoisotopic (exact) mass is 272 g/mol. The van der Waals surface area contributed by atoms with Gasteiger partial charge in [0.15, 0.2) is 0 Å². The molecule has 2 aromatic rings. The van der Waals surface area contributed by atoms with Crippen LogP contribution < -0.4 is 5.43 Å². The molecule has 0 fully saturated rings. The lowest BCUT2D eigenvalue weighted by Gasteiger charge is -2.00. The van der Waals surface area contributed by atoms with Crippen LogP contribution in [0.2, 0.25) is 0 Å². The minimum absolute atomic E-state index is 0.0697. The standard InChI is InChI=1S/C14H12N2O4/c17-11-3-1-10(2-4-11)14(20)16-15-8-9-5-12(18)7-13(19)6-9/h1-8,17-19H,(H,16,20)/b15-8+. The summed E-state index contributed by atoms with van der Waals surface area (Å²) in [5.74, 6) is -0.571. The van der Waals surface area contributed by atoms with Crippen LogP contribution in [0.15, 0.2) is 47.6 Å². The minimum atomic E-state index is -0.439. The maximum Gasteiger partial charge on any atom is 0.271 e. The Morgan fingerprint density at radius 3 is 2.15 bits per heavy atom. The molecule has 0 saturated carbocycles. The molecular formula is C14H12N2O4. The maximum atomic E-state index is 11.7. The van der Waals surface area contributed by atoms with Gasteiger partial charge in [-0.15, -0.1) is 0 Å².